The Balaban J connectivity index is 1.14. The Morgan fingerprint density at radius 3 is 2.59 bits per heavy atom. The number of β-amino-alcohol motifs (C(OH)–C–C–N with tert-alkyl or cyclic N) is 1. The molecule has 8 nitrogen and oxygen atoms in total. The Morgan fingerprint density at radius 1 is 1.09 bits per heavy atom. The van der Waals surface area contributed by atoms with E-state index in [9.17, 15) is 14.7 Å². The lowest BCUT2D eigenvalue weighted by Gasteiger charge is -2.43. The van der Waals surface area contributed by atoms with E-state index in [-0.39, 0.29) is 23.9 Å². The summed E-state index contributed by atoms with van der Waals surface area (Å²) in [6.07, 6.45) is 4.64. The van der Waals surface area contributed by atoms with Crippen LogP contribution in [0, 0.1) is 0 Å². The molecule has 182 valence electrons. The van der Waals surface area contributed by atoms with Gasteiger partial charge in [0.25, 0.3) is 5.91 Å². The Morgan fingerprint density at radius 2 is 1.85 bits per heavy atom. The lowest BCUT2D eigenvalue weighted by molar-refractivity contribution is -0.129. The van der Waals surface area contributed by atoms with Gasteiger partial charge in [0, 0.05) is 58.3 Å². The van der Waals surface area contributed by atoms with Crippen molar-refractivity contribution in [2.75, 3.05) is 37.6 Å². The third-order valence-electron chi connectivity index (χ3n) is 7.44. The van der Waals surface area contributed by atoms with Gasteiger partial charge in [-0.3, -0.25) is 14.5 Å². The highest BCUT2D eigenvalue weighted by atomic mass is 32.1. The quantitative estimate of drug-likeness (QED) is 0.691. The topological polar surface area (TPSA) is 89.0 Å². The second-order valence-electron chi connectivity index (χ2n) is 9.62. The number of likely N-dealkylation sites (tertiary alicyclic amines) is 1. The molecule has 0 spiro atoms. The number of nitrogens with zero attached hydrogens (tertiary/aromatic N) is 4. The molecule has 0 saturated carbocycles. The maximum atomic E-state index is 12.8. The van der Waals surface area contributed by atoms with Gasteiger partial charge in [0.15, 0.2) is 5.13 Å². The highest BCUT2D eigenvalue weighted by Crippen LogP contribution is 2.29. The lowest BCUT2D eigenvalue weighted by atomic mass is 9.94. The number of rotatable bonds is 4. The number of hydrogen-bond acceptors (Lipinski definition) is 7. The number of aromatic nitrogens is 1. The molecule has 0 bridgehead atoms. The zero-order chi connectivity index (χ0) is 23.7. The third-order valence-corrected chi connectivity index (χ3v) is 8.50. The van der Waals surface area contributed by atoms with Crippen LogP contribution >= 0.6 is 11.3 Å². The van der Waals surface area contributed by atoms with Crippen molar-refractivity contribution in [1.29, 1.82) is 0 Å². The molecule has 34 heavy (non-hydrogen) atoms. The highest BCUT2D eigenvalue weighted by molar-refractivity contribution is 7.17. The molecular formula is C25H33N5O3S. The summed E-state index contributed by atoms with van der Waals surface area (Å²) in [5, 5.41) is 14.9. The summed E-state index contributed by atoms with van der Waals surface area (Å²) in [4.78, 5) is 35.7. The molecule has 2 atom stereocenters. The van der Waals surface area contributed by atoms with E-state index in [1.807, 2.05) is 4.90 Å². The Labute approximate surface area is 204 Å². The van der Waals surface area contributed by atoms with Crippen LogP contribution < -0.4 is 10.2 Å². The number of carbonyl (C=O) groups is 2. The summed E-state index contributed by atoms with van der Waals surface area (Å²) in [5.74, 6) is -0.0135. The summed E-state index contributed by atoms with van der Waals surface area (Å²) >= 11 is 1.38. The monoisotopic (exact) mass is 483 g/mol. The Hall–Kier alpha value is -2.49. The first-order chi connectivity index (χ1) is 16.5. The van der Waals surface area contributed by atoms with Gasteiger partial charge >= 0.3 is 0 Å². The predicted octanol–water partition coefficient (Wildman–Crippen LogP) is 1.88. The third kappa shape index (κ3) is 4.96. The van der Waals surface area contributed by atoms with Crippen LogP contribution in [0.3, 0.4) is 0 Å². The minimum atomic E-state index is -0.452. The van der Waals surface area contributed by atoms with E-state index in [2.05, 4.69) is 44.4 Å². The van der Waals surface area contributed by atoms with E-state index in [1.165, 1.54) is 22.5 Å². The van der Waals surface area contributed by atoms with Crippen LogP contribution in [0.4, 0.5) is 5.13 Å². The Kier molecular flexibility index (Phi) is 6.85. The number of hydrogen-bond donors (Lipinski definition) is 2. The van der Waals surface area contributed by atoms with Crippen molar-refractivity contribution in [1.82, 2.24) is 20.1 Å². The van der Waals surface area contributed by atoms with Crippen LogP contribution in [0.25, 0.3) is 0 Å². The maximum absolute atomic E-state index is 12.8. The molecule has 2 amide bonds. The molecule has 0 radical (unpaired) electrons. The number of anilines is 1. The van der Waals surface area contributed by atoms with Crippen molar-refractivity contribution in [3.05, 3.63) is 46.5 Å². The van der Waals surface area contributed by atoms with Crippen molar-refractivity contribution >= 4 is 28.3 Å². The lowest BCUT2D eigenvalue weighted by Crippen LogP contribution is -2.55. The average molecular weight is 484 g/mol. The van der Waals surface area contributed by atoms with Gasteiger partial charge in [0.2, 0.25) is 5.91 Å². The molecular weight excluding hydrogens is 450 g/mol. The molecule has 4 heterocycles. The standard InChI is InChI=1S/C25H33N5O3S/c1-17(31)28-11-7-20(8-12-28)27-24(33)23-14-26-25(34-23)30-13-9-21(22(32)16-30)29-10-6-18-4-2-3-5-19(18)15-29/h2-5,14,20-22,32H,6-13,15-16H2,1H3,(H,27,33)/t21-,22-/m1/s1. The van der Waals surface area contributed by atoms with Crippen molar-refractivity contribution in [3.8, 4) is 0 Å². The predicted molar refractivity (Wildman–Crippen MR) is 132 cm³/mol. The van der Waals surface area contributed by atoms with Gasteiger partial charge in [0.05, 0.1) is 12.3 Å². The first-order valence-corrected chi connectivity index (χ1v) is 13.1. The summed E-state index contributed by atoms with van der Waals surface area (Å²) in [6.45, 7) is 6.17. The molecule has 1 aromatic heterocycles. The zero-order valence-corrected chi connectivity index (χ0v) is 20.5. The summed E-state index contributed by atoms with van der Waals surface area (Å²) in [6, 6.07) is 8.82. The number of fused-ring (bicyclic) bond motifs is 1. The van der Waals surface area contributed by atoms with E-state index in [0.717, 1.165) is 50.4 Å². The van der Waals surface area contributed by atoms with Crippen LogP contribution in [-0.2, 0) is 17.8 Å². The first kappa shape index (κ1) is 23.3. The van der Waals surface area contributed by atoms with E-state index in [0.29, 0.717) is 24.5 Å². The average Bonchev–Trinajstić information content (AvgIpc) is 3.35. The van der Waals surface area contributed by atoms with Crippen molar-refractivity contribution in [3.63, 3.8) is 0 Å². The fourth-order valence-corrected chi connectivity index (χ4v) is 6.28. The normalized spacial score (nSPS) is 24.1. The minimum Gasteiger partial charge on any atom is -0.390 e. The van der Waals surface area contributed by atoms with Crippen LogP contribution in [0.2, 0.25) is 0 Å². The van der Waals surface area contributed by atoms with Crippen LogP contribution in [0.5, 0.6) is 0 Å². The molecule has 2 fully saturated rings. The highest BCUT2D eigenvalue weighted by Gasteiger charge is 2.34. The summed E-state index contributed by atoms with van der Waals surface area (Å²) in [5.41, 5.74) is 2.79. The number of thiazole rings is 1. The number of aliphatic hydroxyl groups excluding tert-OH is 1. The number of piperidine rings is 2. The van der Waals surface area contributed by atoms with Gasteiger partial charge < -0.3 is 20.2 Å². The van der Waals surface area contributed by atoms with Crippen molar-refractivity contribution < 1.29 is 14.7 Å². The summed E-state index contributed by atoms with van der Waals surface area (Å²) in [7, 11) is 0. The van der Waals surface area contributed by atoms with Gasteiger partial charge in [-0.05, 0) is 36.8 Å². The molecule has 2 saturated heterocycles. The number of carbonyl (C=O) groups excluding carboxylic acids is 2. The van der Waals surface area contributed by atoms with E-state index >= 15 is 0 Å². The van der Waals surface area contributed by atoms with E-state index in [1.54, 1.807) is 13.1 Å². The molecule has 3 aliphatic heterocycles. The molecule has 0 unspecified atom stereocenters. The molecule has 0 aliphatic carbocycles. The van der Waals surface area contributed by atoms with Gasteiger partial charge in [-0.15, -0.1) is 0 Å². The smallest absolute Gasteiger partial charge is 0.263 e. The largest absolute Gasteiger partial charge is 0.390 e. The van der Waals surface area contributed by atoms with Crippen molar-refractivity contribution in [2.45, 2.75) is 57.3 Å². The van der Waals surface area contributed by atoms with E-state index < -0.39 is 6.10 Å². The molecule has 3 aliphatic rings. The molecule has 2 aromatic rings. The van der Waals surface area contributed by atoms with E-state index in [4.69, 9.17) is 0 Å². The number of amides is 2. The van der Waals surface area contributed by atoms with Crippen LogP contribution in [0.1, 0.15) is 47.0 Å². The van der Waals surface area contributed by atoms with Crippen molar-refractivity contribution in [2.24, 2.45) is 0 Å². The van der Waals surface area contributed by atoms with Gasteiger partial charge in [0.1, 0.15) is 4.88 Å². The Bertz CT molecular complexity index is 1040. The van der Waals surface area contributed by atoms with Gasteiger partial charge in [-0.25, -0.2) is 4.98 Å². The SMILES string of the molecule is CC(=O)N1CCC(NC(=O)c2cnc(N3CC[C@@H](N4CCc5ccccc5C4)[C@H](O)C3)s2)CC1. The molecule has 9 heteroatoms. The fraction of sp³-hybridized carbons (Fsp3) is 0.560. The van der Waals surface area contributed by atoms with Crippen LogP contribution in [-0.4, -0.2) is 82.6 Å². The van der Waals surface area contributed by atoms with Crippen LogP contribution in [0.15, 0.2) is 30.5 Å². The zero-order valence-electron chi connectivity index (χ0n) is 19.7. The number of benzene rings is 1. The number of aliphatic hydroxyl groups is 1. The molecule has 2 N–H and O–H groups in total. The summed E-state index contributed by atoms with van der Waals surface area (Å²) < 4.78 is 0. The maximum Gasteiger partial charge on any atom is 0.263 e. The fourth-order valence-electron chi connectivity index (χ4n) is 5.43. The second kappa shape index (κ2) is 10.0. The van der Waals surface area contributed by atoms with Gasteiger partial charge in [-0.1, -0.05) is 35.6 Å². The minimum absolute atomic E-state index is 0.0842. The second-order valence-corrected chi connectivity index (χ2v) is 10.6. The first-order valence-electron chi connectivity index (χ1n) is 12.2. The molecule has 1 aromatic carbocycles. The van der Waals surface area contributed by atoms with Gasteiger partial charge in [-0.2, -0.15) is 0 Å². The number of nitrogens with one attached hydrogen (secondary N) is 1. The molecule has 5 rings (SSSR count).